The Morgan fingerprint density at radius 3 is 2.60 bits per heavy atom. The lowest BCUT2D eigenvalue weighted by Crippen LogP contribution is -2.44. The Kier molecular flexibility index (Phi) is 10.2. The minimum atomic E-state index is 0. The summed E-state index contributed by atoms with van der Waals surface area (Å²) in [6, 6.07) is 8.85. The lowest BCUT2D eigenvalue weighted by atomic mass is 10.2. The van der Waals surface area contributed by atoms with Crippen LogP contribution in [-0.2, 0) is 6.54 Å². The Hall–Kier alpha value is -1.02. The van der Waals surface area contributed by atoms with Crippen LogP contribution in [0.4, 0.5) is 0 Å². The van der Waals surface area contributed by atoms with Crippen LogP contribution in [0.2, 0.25) is 0 Å². The van der Waals surface area contributed by atoms with E-state index in [0.29, 0.717) is 6.04 Å². The fraction of sp³-hybridized carbons (Fsp3) is 0.632. The number of hydrogen-bond acceptors (Lipinski definition) is 3. The van der Waals surface area contributed by atoms with Crippen molar-refractivity contribution in [2.75, 3.05) is 26.7 Å². The SMILES string of the molecule is CCN1CCCC1CNC(=NC)NCc1ccc(OC(C)C)cc1.I. The molecule has 0 bridgehead atoms. The van der Waals surface area contributed by atoms with Crippen LogP contribution in [0.25, 0.3) is 0 Å². The van der Waals surface area contributed by atoms with E-state index in [4.69, 9.17) is 4.74 Å². The van der Waals surface area contributed by atoms with E-state index < -0.39 is 0 Å². The van der Waals surface area contributed by atoms with Crippen LogP contribution >= 0.6 is 24.0 Å². The lowest BCUT2D eigenvalue weighted by Gasteiger charge is -2.24. The molecule has 2 N–H and O–H groups in total. The third-order valence-electron chi connectivity index (χ3n) is 4.39. The van der Waals surface area contributed by atoms with Crippen LogP contribution in [0.5, 0.6) is 5.75 Å². The van der Waals surface area contributed by atoms with E-state index in [9.17, 15) is 0 Å². The molecule has 0 amide bonds. The third kappa shape index (κ3) is 7.40. The van der Waals surface area contributed by atoms with Gasteiger partial charge in [0.05, 0.1) is 6.10 Å². The van der Waals surface area contributed by atoms with Crippen LogP contribution in [0.3, 0.4) is 0 Å². The van der Waals surface area contributed by atoms with Crippen LogP contribution in [0.1, 0.15) is 39.2 Å². The van der Waals surface area contributed by atoms with Crippen molar-refractivity contribution in [3.8, 4) is 5.75 Å². The quantitative estimate of drug-likeness (QED) is 0.373. The van der Waals surface area contributed by atoms with Gasteiger partial charge in [-0.15, -0.1) is 24.0 Å². The van der Waals surface area contributed by atoms with Crippen LogP contribution in [0, 0.1) is 0 Å². The van der Waals surface area contributed by atoms with Crippen molar-refractivity contribution in [2.45, 2.75) is 52.3 Å². The highest BCUT2D eigenvalue weighted by molar-refractivity contribution is 14.0. The largest absolute Gasteiger partial charge is 0.491 e. The zero-order valence-corrected chi connectivity index (χ0v) is 18.2. The number of aliphatic imine (C=N–C) groups is 1. The van der Waals surface area contributed by atoms with E-state index in [1.54, 1.807) is 0 Å². The van der Waals surface area contributed by atoms with E-state index in [-0.39, 0.29) is 30.1 Å². The Bertz CT molecular complexity index is 519. The number of likely N-dealkylation sites (tertiary alicyclic amines) is 1. The number of halogens is 1. The van der Waals surface area contributed by atoms with Gasteiger partial charge in [-0.05, 0) is 57.5 Å². The smallest absolute Gasteiger partial charge is 0.191 e. The molecule has 1 aromatic rings. The summed E-state index contributed by atoms with van der Waals surface area (Å²) < 4.78 is 5.67. The van der Waals surface area contributed by atoms with E-state index in [1.807, 2.05) is 33.0 Å². The predicted octanol–water partition coefficient (Wildman–Crippen LogP) is 3.24. The minimum Gasteiger partial charge on any atom is -0.491 e. The molecule has 1 unspecified atom stereocenters. The molecule has 5 nitrogen and oxygen atoms in total. The molecule has 1 aliphatic heterocycles. The summed E-state index contributed by atoms with van der Waals surface area (Å²) >= 11 is 0. The molecule has 2 rings (SSSR count). The van der Waals surface area contributed by atoms with Crippen molar-refractivity contribution in [1.82, 2.24) is 15.5 Å². The first-order valence-corrected chi connectivity index (χ1v) is 9.06. The van der Waals surface area contributed by atoms with Gasteiger partial charge in [0, 0.05) is 26.2 Å². The molecule has 6 heteroatoms. The molecule has 1 saturated heterocycles. The van der Waals surface area contributed by atoms with Gasteiger partial charge in [-0.25, -0.2) is 0 Å². The van der Waals surface area contributed by atoms with Gasteiger partial charge < -0.3 is 15.4 Å². The zero-order valence-electron chi connectivity index (χ0n) is 15.9. The number of nitrogens with one attached hydrogen (secondary N) is 2. The van der Waals surface area contributed by atoms with Gasteiger partial charge in [0.1, 0.15) is 5.75 Å². The molecule has 25 heavy (non-hydrogen) atoms. The maximum atomic E-state index is 5.67. The fourth-order valence-electron chi connectivity index (χ4n) is 3.12. The highest BCUT2D eigenvalue weighted by atomic mass is 127. The molecule has 0 aromatic heterocycles. The van der Waals surface area contributed by atoms with Crippen LogP contribution in [0.15, 0.2) is 29.3 Å². The summed E-state index contributed by atoms with van der Waals surface area (Å²) in [6.07, 6.45) is 2.78. The van der Waals surface area contributed by atoms with Crippen molar-refractivity contribution in [3.05, 3.63) is 29.8 Å². The highest BCUT2D eigenvalue weighted by Crippen LogP contribution is 2.15. The monoisotopic (exact) mass is 460 g/mol. The normalized spacial score (nSPS) is 18.1. The van der Waals surface area contributed by atoms with E-state index >= 15 is 0 Å². The Labute approximate surface area is 169 Å². The van der Waals surface area contributed by atoms with Crippen molar-refractivity contribution < 1.29 is 4.74 Å². The number of benzene rings is 1. The second-order valence-electron chi connectivity index (χ2n) is 6.54. The zero-order chi connectivity index (χ0) is 17.4. The molecule has 0 aliphatic carbocycles. The predicted molar refractivity (Wildman–Crippen MR) is 116 cm³/mol. The second kappa shape index (κ2) is 11.6. The lowest BCUT2D eigenvalue weighted by molar-refractivity contribution is 0.242. The van der Waals surface area contributed by atoms with Gasteiger partial charge in [-0.3, -0.25) is 9.89 Å². The van der Waals surface area contributed by atoms with Gasteiger partial charge in [-0.2, -0.15) is 0 Å². The second-order valence-corrected chi connectivity index (χ2v) is 6.54. The standard InChI is InChI=1S/C19H32N4O.HI/c1-5-23-12-6-7-17(23)14-22-19(20-4)21-13-16-8-10-18(11-9-16)24-15(2)3;/h8-11,15,17H,5-7,12-14H2,1-4H3,(H2,20,21,22);1H. The summed E-state index contributed by atoms with van der Waals surface area (Å²) in [6.45, 7) is 10.4. The molecule has 1 aliphatic rings. The summed E-state index contributed by atoms with van der Waals surface area (Å²) in [5, 5.41) is 6.84. The Morgan fingerprint density at radius 1 is 1.28 bits per heavy atom. The van der Waals surface area contributed by atoms with E-state index in [0.717, 1.165) is 31.3 Å². The summed E-state index contributed by atoms with van der Waals surface area (Å²) in [5.74, 6) is 1.78. The number of ether oxygens (including phenoxy) is 1. The Balaban J connectivity index is 0.00000312. The number of rotatable bonds is 7. The van der Waals surface area contributed by atoms with Crippen molar-refractivity contribution in [2.24, 2.45) is 4.99 Å². The molecule has 0 spiro atoms. The van der Waals surface area contributed by atoms with Gasteiger partial charge in [0.15, 0.2) is 5.96 Å². The molecule has 1 heterocycles. The molecular formula is C19H33IN4O. The summed E-state index contributed by atoms with van der Waals surface area (Å²) in [7, 11) is 1.82. The number of likely N-dealkylation sites (N-methyl/N-ethyl adjacent to an activating group) is 1. The Morgan fingerprint density at radius 2 is 2.00 bits per heavy atom. The fourth-order valence-corrected chi connectivity index (χ4v) is 3.12. The average molecular weight is 460 g/mol. The molecule has 0 radical (unpaired) electrons. The first kappa shape index (κ1) is 22.0. The molecule has 0 saturated carbocycles. The highest BCUT2D eigenvalue weighted by Gasteiger charge is 2.22. The van der Waals surface area contributed by atoms with E-state index in [2.05, 4.69) is 39.6 Å². The van der Waals surface area contributed by atoms with Gasteiger partial charge in [-0.1, -0.05) is 19.1 Å². The minimum absolute atomic E-state index is 0. The molecule has 1 atom stereocenters. The average Bonchev–Trinajstić information content (AvgIpc) is 3.03. The first-order chi connectivity index (χ1) is 11.6. The maximum Gasteiger partial charge on any atom is 0.191 e. The molecule has 142 valence electrons. The van der Waals surface area contributed by atoms with Gasteiger partial charge >= 0.3 is 0 Å². The first-order valence-electron chi connectivity index (χ1n) is 9.06. The summed E-state index contributed by atoms with van der Waals surface area (Å²) in [5.41, 5.74) is 1.21. The van der Waals surface area contributed by atoms with Crippen LogP contribution < -0.4 is 15.4 Å². The van der Waals surface area contributed by atoms with Crippen molar-refractivity contribution >= 4 is 29.9 Å². The van der Waals surface area contributed by atoms with Gasteiger partial charge in [0.2, 0.25) is 0 Å². The van der Waals surface area contributed by atoms with Crippen LogP contribution in [-0.4, -0.2) is 49.7 Å². The number of hydrogen-bond donors (Lipinski definition) is 2. The molecule has 1 aromatic carbocycles. The van der Waals surface area contributed by atoms with Gasteiger partial charge in [0.25, 0.3) is 0 Å². The van der Waals surface area contributed by atoms with Crippen molar-refractivity contribution in [1.29, 1.82) is 0 Å². The molecular weight excluding hydrogens is 427 g/mol. The maximum absolute atomic E-state index is 5.67. The van der Waals surface area contributed by atoms with E-state index in [1.165, 1.54) is 24.9 Å². The molecule has 1 fully saturated rings. The topological polar surface area (TPSA) is 48.9 Å². The summed E-state index contributed by atoms with van der Waals surface area (Å²) in [4.78, 5) is 6.86. The third-order valence-corrected chi connectivity index (χ3v) is 4.39. The number of guanidine groups is 1. The van der Waals surface area contributed by atoms with Crippen molar-refractivity contribution in [3.63, 3.8) is 0 Å². The number of nitrogens with zero attached hydrogens (tertiary/aromatic N) is 2.